The van der Waals surface area contributed by atoms with Gasteiger partial charge in [0.15, 0.2) is 11.5 Å². The maximum absolute atomic E-state index is 12.5. The van der Waals surface area contributed by atoms with Gasteiger partial charge in [-0.05, 0) is 41.9 Å². The molecule has 1 rings (SSSR count). The Morgan fingerprint density at radius 3 is 1.89 bits per heavy atom. The molecule has 1 aromatic rings. The van der Waals surface area contributed by atoms with Gasteiger partial charge in [-0.1, -0.05) is 47.6 Å². The van der Waals surface area contributed by atoms with Gasteiger partial charge in [-0.15, -0.1) is 0 Å². The molecule has 1 aromatic carbocycles. The summed E-state index contributed by atoms with van der Waals surface area (Å²) in [6.07, 6.45) is -0.189. The van der Waals surface area contributed by atoms with Gasteiger partial charge in [-0.2, -0.15) is 0 Å². The molecule has 9 nitrogen and oxygen atoms in total. The molecule has 196 valence electrons. The molecule has 9 heteroatoms. The van der Waals surface area contributed by atoms with Gasteiger partial charge in [-0.25, -0.2) is 0 Å². The first kappa shape index (κ1) is 30.1. The molecule has 2 N–H and O–H groups in total. The van der Waals surface area contributed by atoms with Crippen LogP contribution in [0.3, 0.4) is 0 Å². The van der Waals surface area contributed by atoms with E-state index in [0.29, 0.717) is 5.56 Å². The molecular formula is C26H39NO8. The van der Waals surface area contributed by atoms with Crippen LogP contribution < -0.4 is 15.2 Å². The Hall–Kier alpha value is -2.94. The van der Waals surface area contributed by atoms with Crippen molar-refractivity contribution in [2.75, 3.05) is 6.61 Å². The second-order valence-electron chi connectivity index (χ2n) is 11.1. The lowest BCUT2D eigenvalue weighted by Crippen LogP contribution is -2.36. The molecule has 0 aliphatic rings. The number of hydrogen-bond acceptors (Lipinski definition) is 9. The van der Waals surface area contributed by atoms with Crippen molar-refractivity contribution in [3.05, 3.63) is 23.8 Å². The SMILES string of the molecule is CC(=O)O[C@@H](C)COC(=O)[C@@H](N)Cc1ccc(OC(=O)CC(C)(C)C)c(OC(=O)CC(C)(C)C)c1. The van der Waals surface area contributed by atoms with Crippen LogP contribution in [0.15, 0.2) is 18.2 Å². The Morgan fingerprint density at radius 2 is 1.40 bits per heavy atom. The minimum Gasteiger partial charge on any atom is -0.461 e. The highest BCUT2D eigenvalue weighted by molar-refractivity contribution is 5.78. The van der Waals surface area contributed by atoms with Crippen LogP contribution in [0.4, 0.5) is 0 Å². The molecule has 0 unspecified atom stereocenters. The van der Waals surface area contributed by atoms with Gasteiger partial charge in [0, 0.05) is 6.92 Å². The molecule has 0 fully saturated rings. The van der Waals surface area contributed by atoms with E-state index < -0.39 is 36.0 Å². The van der Waals surface area contributed by atoms with Crippen LogP contribution in [0.5, 0.6) is 11.5 Å². The quantitative estimate of drug-likeness (QED) is 0.382. The zero-order valence-corrected chi connectivity index (χ0v) is 22.1. The van der Waals surface area contributed by atoms with Crippen LogP contribution >= 0.6 is 0 Å². The molecule has 0 bridgehead atoms. The van der Waals surface area contributed by atoms with Crippen molar-refractivity contribution in [1.29, 1.82) is 0 Å². The van der Waals surface area contributed by atoms with Gasteiger partial charge in [-0.3, -0.25) is 19.2 Å². The number of ether oxygens (including phenoxy) is 4. The van der Waals surface area contributed by atoms with E-state index in [1.54, 1.807) is 13.0 Å². The van der Waals surface area contributed by atoms with Gasteiger partial charge in [0.1, 0.15) is 18.8 Å². The summed E-state index contributed by atoms with van der Waals surface area (Å²) < 4.78 is 21.0. The number of rotatable bonds is 10. The lowest BCUT2D eigenvalue weighted by atomic mass is 9.92. The number of esters is 4. The minimum atomic E-state index is -1.01. The second-order valence-corrected chi connectivity index (χ2v) is 11.1. The summed E-state index contributed by atoms with van der Waals surface area (Å²) in [5.74, 6) is -1.91. The van der Waals surface area contributed by atoms with Crippen LogP contribution in [0.2, 0.25) is 0 Å². The Bertz CT molecular complexity index is 911. The molecule has 0 aliphatic carbocycles. The molecule has 0 heterocycles. The third-order valence-corrected chi connectivity index (χ3v) is 4.39. The van der Waals surface area contributed by atoms with E-state index in [0.717, 1.165) is 0 Å². The highest BCUT2D eigenvalue weighted by atomic mass is 16.6. The normalized spacial score (nSPS) is 13.4. The molecule has 35 heavy (non-hydrogen) atoms. The summed E-state index contributed by atoms with van der Waals surface area (Å²) in [5.41, 5.74) is 5.99. The average Bonchev–Trinajstić information content (AvgIpc) is 2.64. The Balaban J connectivity index is 2.99. The zero-order chi connectivity index (χ0) is 27.0. The van der Waals surface area contributed by atoms with Gasteiger partial charge >= 0.3 is 23.9 Å². The maximum atomic E-state index is 12.5. The van der Waals surface area contributed by atoms with Crippen molar-refractivity contribution >= 4 is 23.9 Å². The lowest BCUT2D eigenvalue weighted by molar-refractivity contribution is -0.157. The van der Waals surface area contributed by atoms with Crippen molar-refractivity contribution in [2.45, 2.75) is 86.8 Å². The van der Waals surface area contributed by atoms with Crippen molar-refractivity contribution in [2.24, 2.45) is 16.6 Å². The summed E-state index contributed by atoms with van der Waals surface area (Å²) in [6.45, 7) is 14.2. The fraction of sp³-hybridized carbons (Fsp3) is 0.615. The monoisotopic (exact) mass is 493 g/mol. The lowest BCUT2D eigenvalue weighted by Gasteiger charge is -2.20. The highest BCUT2D eigenvalue weighted by Gasteiger charge is 2.24. The molecule has 0 saturated carbocycles. The van der Waals surface area contributed by atoms with Gasteiger partial charge in [0.05, 0.1) is 12.8 Å². The van der Waals surface area contributed by atoms with Crippen molar-refractivity contribution in [3.63, 3.8) is 0 Å². The minimum absolute atomic E-state index is 0.0723. The van der Waals surface area contributed by atoms with Gasteiger partial charge < -0.3 is 24.7 Å². The van der Waals surface area contributed by atoms with Gasteiger partial charge in [0.2, 0.25) is 0 Å². The largest absolute Gasteiger partial charge is 0.461 e. The smallest absolute Gasteiger partial charge is 0.323 e. The number of benzene rings is 1. The third-order valence-electron chi connectivity index (χ3n) is 4.39. The van der Waals surface area contributed by atoms with Crippen LogP contribution in [-0.2, 0) is 35.1 Å². The predicted molar refractivity (Wildman–Crippen MR) is 130 cm³/mol. The van der Waals surface area contributed by atoms with E-state index in [4.69, 9.17) is 24.7 Å². The number of hydrogen-bond donors (Lipinski definition) is 1. The number of carbonyl (C=O) groups excluding carboxylic acids is 4. The first-order chi connectivity index (χ1) is 15.9. The summed E-state index contributed by atoms with van der Waals surface area (Å²) in [5, 5.41) is 0. The molecule has 0 aliphatic heterocycles. The molecule has 0 amide bonds. The van der Waals surface area contributed by atoms with E-state index in [9.17, 15) is 19.2 Å². The highest BCUT2D eigenvalue weighted by Crippen LogP contribution is 2.32. The molecule has 0 radical (unpaired) electrons. The van der Waals surface area contributed by atoms with E-state index in [1.165, 1.54) is 19.1 Å². The average molecular weight is 494 g/mol. The molecule has 2 atom stereocenters. The van der Waals surface area contributed by atoms with Crippen molar-refractivity contribution in [3.8, 4) is 11.5 Å². The fourth-order valence-corrected chi connectivity index (χ4v) is 2.99. The van der Waals surface area contributed by atoms with Crippen molar-refractivity contribution in [1.82, 2.24) is 0 Å². The summed E-state index contributed by atoms with van der Waals surface area (Å²) >= 11 is 0. The molecular weight excluding hydrogens is 454 g/mol. The summed E-state index contributed by atoms with van der Waals surface area (Å²) in [7, 11) is 0. The zero-order valence-electron chi connectivity index (χ0n) is 22.1. The number of nitrogens with two attached hydrogens (primary N) is 1. The Labute approximate surface area is 207 Å². The van der Waals surface area contributed by atoms with Crippen LogP contribution in [0.25, 0.3) is 0 Å². The van der Waals surface area contributed by atoms with E-state index in [-0.39, 0.29) is 48.2 Å². The van der Waals surface area contributed by atoms with Crippen LogP contribution in [0, 0.1) is 10.8 Å². The molecule has 0 spiro atoms. The summed E-state index contributed by atoms with van der Waals surface area (Å²) in [4.78, 5) is 48.1. The molecule has 0 saturated heterocycles. The Morgan fingerprint density at radius 1 is 0.886 bits per heavy atom. The summed E-state index contributed by atoms with van der Waals surface area (Å²) in [6, 6.07) is 3.66. The van der Waals surface area contributed by atoms with Crippen molar-refractivity contribution < 1.29 is 38.1 Å². The standard InChI is InChI=1S/C26H39NO8/c1-16(33-17(2)28)15-32-24(31)19(27)11-18-9-10-20(34-22(29)13-25(3,4)5)21(12-18)35-23(30)14-26(6,7)8/h9-10,12,16,19H,11,13-15,27H2,1-8H3/t16-,19-/m0/s1. The predicted octanol–water partition coefficient (Wildman–Crippen LogP) is 3.73. The topological polar surface area (TPSA) is 131 Å². The van der Waals surface area contributed by atoms with E-state index >= 15 is 0 Å². The second kappa shape index (κ2) is 12.7. The third kappa shape index (κ3) is 12.9. The number of carbonyl (C=O) groups is 4. The molecule has 0 aromatic heterocycles. The van der Waals surface area contributed by atoms with Gasteiger partial charge in [0.25, 0.3) is 0 Å². The van der Waals surface area contributed by atoms with E-state index in [2.05, 4.69) is 0 Å². The first-order valence-electron chi connectivity index (χ1n) is 11.6. The maximum Gasteiger partial charge on any atom is 0.323 e. The van der Waals surface area contributed by atoms with Crippen LogP contribution in [-0.4, -0.2) is 42.6 Å². The van der Waals surface area contributed by atoms with E-state index in [1.807, 2.05) is 41.5 Å². The first-order valence-corrected chi connectivity index (χ1v) is 11.6. The van der Waals surface area contributed by atoms with Crippen LogP contribution in [0.1, 0.15) is 73.8 Å². The Kier molecular flexibility index (Phi) is 10.9. The fourth-order valence-electron chi connectivity index (χ4n) is 2.99.